The fourth-order valence-corrected chi connectivity index (χ4v) is 18.7. The topological polar surface area (TPSA) is 38.7 Å². The van der Waals surface area contributed by atoms with E-state index >= 15 is 0 Å². The van der Waals surface area contributed by atoms with Crippen LogP contribution in [0.5, 0.6) is 0 Å². The van der Waals surface area contributed by atoms with Gasteiger partial charge in [0.1, 0.15) is 5.76 Å². The molecule has 0 amide bonds. The van der Waals surface area contributed by atoms with Crippen LogP contribution in [0.25, 0.3) is 0 Å². The van der Waals surface area contributed by atoms with Gasteiger partial charge >= 0.3 is 0 Å². The maximum atomic E-state index is 11.1. The molecular formula is C32H68O3SSi2. The van der Waals surface area contributed by atoms with E-state index in [0.29, 0.717) is 46.3 Å². The highest BCUT2D eigenvalue weighted by atomic mass is 32.2. The highest BCUT2D eigenvalue weighted by Crippen LogP contribution is 2.46. The zero-order valence-corrected chi connectivity index (χ0v) is 30.9. The fourth-order valence-electron chi connectivity index (χ4n) is 7.21. The summed E-state index contributed by atoms with van der Waals surface area (Å²) in [7, 11) is -4.21. The third-order valence-corrected chi connectivity index (χ3v) is 22.0. The number of aliphatic hydroxyl groups excluding tert-OH is 1. The first-order valence-electron chi connectivity index (χ1n) is 15.9. The number of aliphatic hydroxyl groups is 1. The Morgan fingerprint density at radius 2 is 1.08 bits per heavy atom. The molecule has 0 saturated carbocycles. The number of thioether (sulfide) groups is 1. The van der Waals surface area contributed by atoms with Gasteiger partial charge in [-0.1, -0.05) is 129 Å². The summed E-state index contributed by atoms with van der Waals surface area (Å²) < 4.78 is 14.5. The van der Waals surface area contributed by atoms with E-state index in [-0.39, 0.29) is 6.10 Å². The largest absolute Gasteiger partial charge is 0.543 e. The van der Waals surface area contributed by atoms with E-state index in [9.17, 15) is 5.11 Å². The van der Waals surface area contributed by atoms with Crippen LogP contribution in [-0.2, 0) is 8.85 Å². The molecule has 0 heterocycles. The monoisotopic (exact) mass is 588 g/mol. The van der Waals surface area contributed by atoms with Gasteiger partial charge in [-0.25, -0.2) is 0 Å². The van der Waals surface area contributed by atoms with Crippen LogP contribution in [0.2, 0.25) is 33.2 Å². The zero-order valence-electron chi connectivity index (χ0n) is 28.1. The molecule has 1 N–H and O–H groups in total. The van der Waals surface area contributed by atoms with Gasteiger partial charge in [0.25, 0.3) is 8.32 Å². The lowest BCUT2D eigenvalue weighted by Gasteiger charge is -2.45. The summed E-state index contributed by atoms with van der Waals surface area (Å²) in [6.07, 6.45) is 10.9. The molecule has 0 aliphatic carbocycles. The molecule has 1 atom stereocenters. The molecule has 228 valence electrons. The summed E-state index contributed by atoms with van der Waals surface area (Å²) in [5.41, 5.74) is 3.08. The van der Waals surface area contributed by atoms with Crippen molar-refractivity contribution in [2.45, 2.75) is 181 Å². The molecule has 0 radical (unpaired) electrons. The Bertz CT molecular complexity index is 616. The molecule has 0 aromatic heterocycles. The van der Waals surface area contributed by atoms with E-state index in [0.717, 1.165) is 18.6 Å². The van der Waals surface area contributed by atoms with Crippen molar-refractivity contribution in [3.05, 3.63) is 10.7 Å². The Morgan fingerprint density at radius 1 is 0.658 bits per heavy atom. The summed E-state index contributed by atoms with van der Waals surface area (Å²) >= 11 is 1.76. The van der Waals surface area contributed by atoms with Gasteiger partial charge in [0.15, 0.2) is 0 Å². The van der Waals surface area contributed by atoms with Crippen LogP contribution >= 0.6 is 11.8 Å². The molecule has 6 heteroatoms. The molecule has 0 aromatic carbocycles. The summed E-state index contributed by atoms with van der Waals surface area (Å²) in [5.74, 6) is 1.03. The molecule has 0 aliphatic rings. The SMILES string of the molecule is CCCCCCCC[C@@H](O)C/C(SC)=C(\CO[Si](C(C)C)(C(C)C)C(C)C)O[Si](C(C)C)(C(C)C)C(C)C. The minimum atomic E-state index is -2.16. The van der Waals surface area contributed by atoms with Crippen molar-refractivity contribution in [1.29, 1.82) is 0 Å². The lowest BCUT2D eigenvalue weighted by Crippen LogP contribution is -2.50. The molecule has 0 saturated heterocycles. The Labute approximate surface area is 246 Å². The van der Waals surface area contributed by atoms with Crippen LogP contribution in [0.3, 0.4) is 0 Å². The van der Waals surface area contributed by atoms with Gasteiger partial charge in [-0.05, 0) is 45.9 Å². The summed E-state index contributed by atoms with van der Waals surface area (Å²) in [6.45, 7) is 31.0. The third-order valence-electron chi connectivity index (χ3n) is 9.04. The van der Waals surface area contributed by atoms with Crippen molar-refractivity contribution in [2.75, 3.05) is 12.9 Å². The molecule has 0 rings (SSSR count). The lowest BCUT2D eigenvalue weighted by molar-refractivity contribution is 0.160. The average Bonchev–Trinajstić information content (AvgIpc) is 2.80. The molecule has 0 bridgehead atoms. The van der Waals surface area contributed by atoms with Crippen LogP contribution in [0, 0.1) is 0 Å². The van der Waals surface area contributed by atoms with Crippen molar-refractivity contribution < 1.29 is 14.0 Å². The highest BCUT2D eigenvalue weighted by molar-refractivity contribution is 8.02. The molecule has 3 nitrogen and oxygen atoms in total. The maximum absolute atomic E-state index is 11.1. The minimum Gasteiger partial charge on any atom is -0.543 e. The van der Waals surface area contributed by atoms with Gasteiger partial charge in [-0.15, -0.1) is 11.8 Å². The Kier molecular flexibility index (Phi) is 18.8. The molecule has 0 spiro atoms. The Balaban J connectivity index is 6.27. The van der Waals surface area contributed by atoms with E-state index < -0.39 is 16.6 Å². The van der Waals surface area contributed by atoms with Crippen molar-refractivity contribution in [3.8, 4) is 0 Å². The van der Waals surface area contributed by atoms with E-state index in [2.05, 4.69) is 96.3 Å². The summed E-state index contributed by atoms with van der Waals surface area (Å²) in [4.78, 5) is 1.20. The third kappa shape index (κ3) is 10.6. The normalized spacial score (nSPS) is 15.0. The first kappa shape index (κ1) is 38.2. The Hall–Kier alpha value is 0.244. The van der Waals surface area contributed by atoms with Crippen LogP contribution in [0.15, 0.2) is 10.7 Å². The second-order valence-corrected chi connectivity index (χ2v) is 25.2. The van der Waals surface area contributed by atoms with Gasteiger partial charge in [0.05, 0.1) is 12.7 Å². The second-order valence-electron chi connectivity index (χ2n) is 13.5. The van der Waals surface area contributed by atoms with Crippen LogP contribution < -0.4 is 0 Å². The van der Waals surface area contributed by atoms with Crippen molar-refractivity contribution in [2.24, 2.45) is 0 Å². The standard InChI is InChI=1S/C32H68O3SSi2/c1-15-16-17-18-19-20-21-30(33)22-32(36-14)31(35-38(27(8)9,28(10)11)29(12)13)23-34-37(24(2)3,25(4)5)26(6)7/h24-30,33H,15-23H2,1-14H3/b32-31-/t30-/m1/s1. The predicted octanol–water partition coefficient (Wildman–Crippen LogP) is 11.4. The number of hydrogen-bond acceptors (Lipinski definition) is 4. The van der Waals surface area contributed by atoms with Crippen LogP contribution in [0.1, 0.15) is 141 Å². The summed E-state index contributed by atoms with van der Waals surface area (Å²) in [6, 6.07) is 0. The maximum Gasteiger partial charge on any atom is 0.258 e. The van der Waals surface area contributed by atoms with E-state index in [1.165, 1.54) is 37.0 Å². The predicted molar refractivity (Wildman–Crippen MR) is 178 cm³/mol. The average molecular weight is 589 g/mol. The van der Waals surface area contributed by atoms with Gasteiger partial charge in [0.2, 0.25) is 8.32 Å². The number of hydrogen-bond donors (Lipinski definition) is 1. The van der Waals surface area contributed by atoms with Crippen molar-refractivity contribution in [3.63, 3.8) is 0 Å². The lowest BCUT2D eigenvalue weighted by atomic mass is 10.1. The van der Waals surface area contributed by atoms with Gasteiger partial charge in [0, 0.05) is 11.3 Å². The highest BCUT2D eigenvalue weighted by Gasteiger charge is 2.49. The van der Waals surface area contributed by atoms with Gasteiger partial charge < -0.3 is 14.0 Å². The smallest absolute Gasteiger partial charge is 0.258 e. The summed E-state index contributed by atoms with van der Waals surface area (Å²) in [5, 5.41) is 11.1. The first-order chi connectivity index (χ1) is 17.6. The second kappa shape index (κ2) is 18.6. The molecular weight excluding hydrogens is 521 g/mol. The van der Waals surface area contributed by atoms with Crippen molar-refractivity contribution >= 4 is 28.4 Å². The van der Waals surface area contributed by atoms with E-state index in [1.807, 2.05) is 0 Å². The molecule has 38 heavy (non-hydrogen) atoms. The van der Waals surface area contributed by atoms with E-state index in [1.54, 1.807) is 11.8 Å². The minimum absolute atomic E-state index is 0.322. The van der Waals surface area contributed by atoms with Crippen LogP contribution in [-0.4, -0.2) is 40.7 Å². The Morgan fingerprint density at radius 3 is 1.47 bits per heavy atom. The van der Waals surface area contributed by atoms with E-state index in [4.69, 9.17) is 8.85 Å². The molecule has 0 fully saturated rings. The van der Waals surface area contributed by atoms with Gasteiger partial charge in [-0.2, -0.15) is 0 Å². The molecule has 0 aliphatic heterocycles. The number of unbranched alkanes of at least 4 members (excludes halogenated alkanes) is 5. The fraction of sp³-hybridized carbons (Fsp3) is 0.938. The van der Waals surface area contributed by atoms with Crippen molar-refractivity contribution in [1.82, 2.24) is 0 Å². The molecule has 0 unspecified atom stereocenters. The molecule has 0 aromatic rings. The quantitative estimate of drug-likeness (QED) is 0.0822. The zero-order chi connectivity index (χ0) is 29.7. The number of rotatable bonds is 21. The van der Waals surface area contributed by atoms with Gasteiger partial charge in [-0.3, -0.25) is 0 Å². The first-order valence-corrected chi connectivity index (χ1v) is 21.4. The van der Waals surface area contributed by atoms with Crippen LogP contribution in [0.4, 0.5) is 0 Å².